The first-order valence-corrected chi connectivity index (χ1v) is 9.72. The summed E-state index contributed by atoms with van der Waals surface area (Å²) < 4.78 is 1.87. The van der Waals surface area contributed by atoms with Crippen LogP contribution in [0, 0.1) is 6.92 Å². The van der Waals surface area contributed by atoms with Gasteiger partial charge in [0, 0.05) is 35.5 Å². The molecule has 0 bridgehead atoms. The molecule has 0 amide bonds. The number of fused-ring (bicyclic) bond motifs is 1. The summed E-state index contributed by atoms with van der Waals surface area (Å²) >= 11 is 3.31. The van der Waals surface area contributed by atoms with Gasteiger partial charge in [-0.3, -0.25) is 4.57 Å². The Bertz CT molecular complexity index is 751. The van der Waals surface area contributed by atoms with E-state index in [2.05, 4.69) is 20.2 Å². The van der Waals surface area contributed by atoms with Crippen LogP contribution in [0.1, 0.15) is 28.4 Å². The lowest BCUT2D eigenvalue weighted by atomic mass is 10.2. The zero-order chi connectivity index (χ0) is 16.4. The molecule has 1 aliphatic rings. The Morgan fingerprint density at radius 3 is 2.87 bits per heavy atom. The summed E-state index contributed by atoms with van der Waals surface area (Å²) in [6.07, 6.45) is 3.14. The summed E-state index contributed by atoms with van der Waals surface area (Å²) in [5.74, 6) is 0.783. The van der Waals surface area contributed by atoms with Crippen LogP contribution in [0.5, 0.6) is 0 Å². The third-order valence-corrected chi connectivity index (χ3v) is 5.87. The van der Waals surface area contributed by atoms with Gasteiger partial charge in [0.15, 0.2) is 0 Å². The Hall–Kier alpha value is -1.18. The smallest absolute Gasteiger partial charge is 0.308 e. The van der Waals surface area contributed by atoms with Gasteiger partial charge in [0.25, 0.3) is 0 Å². The largest absolute Gasteiger partial charge is 0.348 e. The highest BCUT2D eigenvalue weighted by atomic mass is 32.2. The van der Waals surface area contributed by atoms with Crippen LogP contribution in [0.4, 0.5) is 0 Å². The van der Waals surface area contributed by atoms with Crippen molar-refractivity contribution in [2.24, 2.45) is 0 Å². The second kappa shape index (κ2) is 7.15. The Labute approximate surface area is 144 Å². The van der Waals surface area contributed by atoms with Crippen molar-refractivity contribution < 1.29 is 0 Å². The van der Waals surface area contributed by atoms with Crippen LogP contribution in [0.3, 0.4) is 0 Å². The molecule has 0 saturated heterocycles. The molecule has 0 atom stereocenters. The normalized spacial score (nSPS) is 13.7. The number of hydrogen-bond donors (Lipinski definition) is 0. The van der Waals surface area contributed by atoms with Crippen molar-refractivity contribution in [3.05, 3.63) is 37.8 Å². The highest BCUT2D eigenvalue weighted by molar-refractivity contribution is 7.98. The minimum absolute atomic E-state index is 0.107. The molecule has 2 aromatic heterocycles. The molecule has 0 aliphatic heterocycles. The van der Waals surface area contributed by atoms with Gasteiger partial charge in [0.1, 0.15) is 5.03 Å². The van der Waals surface area contributed by atoms with Crippen LogP contribution in [-0.4, -0.2) is 40.1 Å². The molecule has 7 heteroatoms. The third-order valence-electron chi connectivity index (χ3n) is 3.99. The third kappa shape index (κ3) is 3.84. The molecule has 5 nitrogen and oxygen atoms in total. The quantitative estimate of drug-likeness (QED) is 0.591. The molecule has 0 N–H and O–H groups in total. The number of thiazole rings is 1. The fourth-order valence-electron chi connectivity index (χ4n) is 2.85. The number of hydrogen-bond acceptors (Lipinski definition) is 6. The van der Waals surface area contributed by atoms with Crippen molar-refractivity contribution in [2.45, 2.75) is 43.5 Å². The Morgan fingerprint density at radius 1 is 1.35 bits per heavy atom. The van der Waals surface area contributed by atoms with Crippen molar-refractivity contribution in [1.29, 1.82) is 0 Å². The second-order valence-electron chi connectivity index (χ2n) is 6.08. The molecule has 2 heterocycles. The maximum absolute atomic E-state index is 12.4. The maximum Gasteiger partial charge on any atom is 0.348 e. The van der Waals surface area contributed by atoms with Crippen molar-refractivity contribution in [1.82, 2.24) is 19.4 Å². The van der Waals surface area contributed by atoms with Crippen LogP contribution < -0.4 is 5.69 Å². The Kier molecular flexibility index (Phi) is 5.18. The van der Waals surface area contributed by atoms with Gasteiger partial charge in [-0.05, 0) is 40.3 Å². The molecule has 2 aromatic rings. The van der Waals surface area contributed by atoms with Gasteiger partial charge in [-0.2, -0.15) is 4.98 Å². The summed E-state index contributed by atoms with van der Waals surface area (Å²) in [7, 11) is 4.05. The first kappa shape index (κ1) is 16.7. The van der Waals surface area contributed by atoms with E-state index in [0.717, 1.165) is 53.8 Å². The van der Waals surface area contributed by atoms with Gasteiger partial charge < -0.3 is 4.90 Å². The molecule has 1 aliphatic carbocycles. The van der Waals surface area contributed by atoms with E-state index in [1.54, 1.807) is 23.1 Å². The second-order valence-corrected chi connectivity index (χ2v) is 8.11. The molecular formula is C16H22N4OS2. The number of aryl methyl sites for hydroxylation is 1. The van der Waals surface area contributed by atoms with Crippen molar-refractivity contribution in [2.75, 3.05) is 20.6 Å². The van der Waals surface area contributed by atoms with E-state index < -0.39 is 0 Å². The Balaban J connectivity index is 1.83. The molecule has 0 aromatic carbocycles. The summed E-state index contributed by atoms with van der Waals surface area (Å²) in [5, 5.41) is 4.08. The molecule has 124 valence electrons. The fraction of sp³-hybridized carbons (Fsp3) is 0.562. The predicted octanol–water partition coefficient (Wildman–Crippen LogP) is 2.35. The number of rotatable bonds is 6. The fourth-order valence-corrected chi connectivity index (χ4v) is 4.54. The van der Waals surface area contributed by atoms with Gasteiger partial charge >= 0.3 is 5.69 Å². The van der Waals surface area contributed by atoms with E-state index in [0.29, 0.717) is 0 Å². The van der Waals surface area contributed by atoms with Crippen molar-refractivity contribution >= 4 is 23.1 Å². The summed E-state index contributed by atoms with van der Waals surface area (Å²) in [6.45, 7) is 3.59. The van der Waals surface area contributed by atoms with Gasteiger partial charge in [0.2, 0.25) is 0 Å². The van der Waals surface area contributed by atoms with Crippen LogP contribution in [0.15, 0.2) is 15.2 Å². The van der Waals surface area contributed by atoms with Gasteiger partial charge in [0.05, 0.1) is 10.7 Å². The van der Waals surface area contributed by atoms with Crippen molar-refractivity contribution in [3.8, 4) is 0 Å². The highest BCUT2D eigenvalue weighted by Gasteiger charge is 2.22. The van der Waals surface area contributed by atoms with E-state index in [9.17, 15) is 4.79 Å². The number of thioether (sulfide) groups is 1. The minimum atomic E-state index is -0.107. The van der Waals surface area contributed by atoms with E-state index in [1.165, 1.54) is 11.3 Å². The molecule has 0 fully saturated rings. The average molecular weight is 351 g/mol. The first-order chi connectivity index (χ1) is 11.0. The highest BCUT2D eigenvalue weighted by Crippen LogP contribution is 2.31. The lowest BCUT2D eigenvalue weighted by Crippen LogP contribution is -2.31. The minimum Gasteiger partial charge on any atom is -0.308 e. The van der Waals surface area contributed by atoms with Crippen molar-refractivity contribution in [3.63, 3.8) is 0 Å². The lowest BCUT2D eigenvalue weighted by Gasteiger charge is -2.16. The topological polar surface area (TPSA) is 51.0 Å². The van der Waals surface area contributed by atoms with Gasteiger partial charge in [-0.15, -0.1) is 11.3 Å². The molecule has 0 radical (unpaired) electrons. The average Bonchev–Trinajstić information content (AvgIpc) is 3.13. The van der Waals surface area contributed by atoms with Gasteiger partial charge in [-0.1, -0.05) is 11.8 Å². The molecule has 3 rings (SSSR count). The Morgan fingerprint density at radius 2 is 2.17 bits per heavy atom. The predicted molar refractivity (Wildman–Crippen MR) is 95.5 cm³/mol. The zero-order valence-electron chi connectivity index (χ0n) is 13.8. The van der Waals surface area contributed by atoms with Crippen LogP contribution in [0.2, 0.25) is 0 Å². The molecule has 23 heavy (non-hydrogen) atoms. The lowest BCUT2D eigenvalue weighted by molar-refractivity contribution is 0.375. The SMILES string of the molecule is Cc1nc(CSc2nc(=O)n(CCN(C)C)c3c2CCC3)cs1. The monoisotopic (exact) mass is 350 g/mol. The number of nitrogens with zero attached hydrogens (tertiary/aromatic N) is 4. The summed E-state index contributed by atoms with van der Waals surface area (Å²) in [4.78, 5) is 23.4. The number of likely N-dealkylation sites (N-methyl/N-ethyl adjacent to an activating group) is 1. The van der Waals surface area contributed by atoms with Crippen LogP contribution >= 0.6 is 23.1 Å². The first-order valence-electron chi connectivity index (χ1n) is 7.85. The molecule has 0 spiro atoms. The standard InChI is InChI=1S/C16H22N4OS2/c1-11-17-12(9-22-11)10-23-15-13-5-4-6-14(13)20(16(21)18-15)8-7-19(2)3/h9H,4-8,10H2,1-3H3. The molecule has 0 saturated carbocycles. The molecule has 0 unspecified atom stereocenters. The maximum atomic E-state index is 12.4. The van der Waals surface area contributed by atoms with E-state index in [1.807, 2.05) is 25.6 Å². The molecular weight excluding hydrogens is 328 g/mol. The number of aromatic nitrogens is 3. The van der Waals surface area contributed by atoms with Gasteiger partial charge in [-0.25, -0.2) is 9.78 Å². The zero-order valence-corrected chi connectivity index (χ0v) is 15.5. The summed E-state index contributed by atoms with van der Waals surface area (Å²) in [6, 6.07) is 0. The van der Waals surface area contributed by atoms with Crippen LogP contribution in [0.25, 0.3) is 0 Å². The summed E-state index contributed by atoms with van der Waals surface area (Å²) in [5.41, 5.74) is 3.44. The van der Waals surface area contributed by atoms with Crippen LogP contribution in [-0.2, 0) is 25.1 Å². The van der Waals surface area contributed by atoms with E-state index in [4.69, 9.17) is 0 Å². The van der Waals surface area contributed by atoms with E-state index >= 15 is 0 Å². The van der Waals surface area contributed by atoms with E-state index in [-0.39, 0.29) is 5.69 Å².